The molecule has 0 aliphatic carbocycles. The Bertz CT molecular complexity index is 833. The van der Waals surface area contributed by atoms with E-state index in [1.54, 1.807) is 0 Å². The van der Waals surface area contributed by atoms with E-state index >= 15 is 0 Å². The molecule has 2 aromatic carbocycles. The van der Waals surface area contributed by atoms with E-state index in [4.69, 9.17) is 14.7 Å². The van der Waals surface area contributed by atoms with Crippen molar-refractivity contribution in [3.63, 3.8) is 0 Å². The van der Waals surface area contributed by atoms with Crippen molar-refractivity contribution in [3.05, 3.63) is 72.3 Å². The molecule has 1 N–H and O–H groups in total. The third-order valence-corrected chi connectivity index (χ3v) is 4.40. The number of ether oxygens (including phenoxy) is 1. The normalized spacial score (nSPS) is 14.2. The molecule has 0 amide bonds. The number of benzene rings is 2. The summed E-state index contributed by atoms with van der Waals surface area (Å²) in [6.07, 6.45) is 0. The summed E-state index contributed by atoms with van der Waals surface area (Å²) in [5.41, 5.74) is 2.24. The average molecular weight is 346 g/mol. The first-order valence-electron chi connectivity index (χ1n) is 8.93. The summed E-state index contributed by atoms with van der Waals surface area (Å²) in [6, 6.07) is 22.5. The van der Waals surface area contributed by atoms with E-state index in [1.807, 2.05) is 54.6 Å². The van der Waals surface area contributed by atoms with Gasteiger partial charge in [0.05, 0.1) is 13.2 Å². The molecule has 0 saturated carbocycles. The SMILES string of the molecule is c1ccc(CNc2cc(N3CCOCC3)nc(-c3ccccc3)n2)cc1. The van der Waals surface area contributed by atoms with Gasteiger partial charge in [0.15, 0.2) is 5.82 Å². The predicted octanol–water partition coefficient (Wildman–Crippen LogP) is 3.59. The highest BCUT2D eigenvalue weighted by molar-refractivity contribution is 5.61. The van der Waals surface area contributed by atoms with Crippen molar-refractivity contribution in [2.75, 3.05) is 36.5 Å². The molecule has 5 nitrogen and oxygen atoms in total. The third-order valence-electron chi connectivity index (χ3n) is 4.40. The van der Waals surface area contributed by atoms with Gasteiger partial charge in [-0.15, -0.1) is 0 Å². The molecule has 0 radical (unpaired) electrons. The van der Waals surface area contributed by atoms with Crippen LogP contribution in [0.4, 0.5) is 11.6 Å². The zero-order chi connectivity index (χ0) is 17.6. The lowest BCUT2D eigenvalue weighted by atomic mass is 10.2. The standard InChI is InChI=1S/C21H22N4O/c1-3-7-17(8-4-1)16-22-19-15-20(25-11-13-26-14-12-25)24-21(23-19)18-9-5-2-6-10-18/h1-10,15H,11-14,16H2,(H,22,23,24). The molecule has 0 spiro atoms. The number of nitrogens with one attached hydrogen (secondary N) is 1. The Morgan fingerprint density at radius 3 is 2.31 bits per heavy atom. The lowest BCUT2D eigenvalue weighted by molar-refractivity contribution is 0.122. The summed E-state index contributed by atoms with van der Waals surface area (Å²) in [6.45, 7) is 3.90. The number of rotatable bonds is 5. The molecular formula is C21H22N4O. The lowest BCUT2D eigenvalue weighted by Crippen LogP contribution is -2.36. The fraction of sp³-hybridized carbons (Fsp3) is 0.238. The fourth-order valence-corrected chi connectivity index (χ4v) is 2.98. The Morgan fingerprint density at radius 1 is 0.885 bits per heavy atom. The molecular weight excluding hydrogens is 324 g/mol. The van der Waals surface area contributed by atoms with Crippen LogP contribution in [0, 0.1) is 0 Å². The third kappa shape index (κ3) is 4.00. The van der Waals surface area contributed by atoms with Crippen LogP contribution in [0.1, 0.15) is 5.56 Å². The van der Waals surface area contributed by atoms with Crippen LogP contribution in [-0.4, -0.2) is 36.3 Å². The molecule has 1 aliphatic heterocycles. The number of hydrogen-bond acceptors (Lipinski definition) is 5. The van der Waals surface area contributed by atoms with Crippen LogP contribution in [0.2, 0.25) is 0 Å². The van der Waals surface area contributed by atoms with E-state index in [-0.39, 0.29) is 0 Å². The Labute approximate surface area is 153 Å². The summed E-state index contributed by atoms with van der Waals surface area (Å²) in [4.78, 5) is 11.8. The van der Waals surface area contributed by atoms with Gasteiger partial charge in [-0.2, -0.15) is 0 Å². The number of aromatic nitrogens is 2. The van der Waals surface area contributed by atoms with Crippen LogP contribution in [0.3, 0.4) is 0 Å². The van der Waals surface area contributed by atoms with Crippen molar-refractivity contribution >= 4 is 11.6 Å². The van der Waals surface area contributed by atoms with Crippen LogP contribution in [0.15, 0.2) is 66.7 Å². The summed E-state index contributed by atoms with van der Waals surface area (Å²) in [7, 11) is 0. The van der Waals surface area contributed by atoms with Crippen LogP contribution in [0.25, 0.3) is 11.4 Å². The molecule has 1 aromatic heterocycles. The number of nitrogens with zero attached hydrogens (tertiary/aromatic N) is 3. The van der Waals surface area contributed by atoms with Gasteiger partial charge in [-0.25, -0.2) is 9.97 Å². The molecule has 3 aromatic rings. The van der Waals surface area contributed by atoms with Crippen molar-refractivity contribution in [2.24, 2.45) is 0 Å². The Balaban J connectivity index is 1.63. The first kappa shape index (κ1) is 16.5. The second-order valence-electron chi connectivity index (χ2n) is 6.24. The Kier molecular flexibility index (Phi) is 5.07. The second kappa shape index (κ2) is 7.97. The molecule has 1 fully saturated rings. The van der Waals surface area contributed by atoms with E-state index in [0.29, 0.717) is 0 Å². The van der Waals surface area contributed by atoms with Crippen molar-refractivity contribution in [1.82, 2.24) is 9.97 Å². The first-order valence-corrected chi connectivity index (χ1v) is 8.93. The summed E-state index contributed by atoms with van der Waals surface area (Å²) >= 11 is 0. The number of morpholine rings is 1. The average Bonchev–Trinajstić information content (AvgIpc) is 2.74. The lowest BCUT2D eigenvalue weighted by Gasteiger charge is -2.28. The zero-order valence-electron chi connectivity index (χ0n) is 14.6. The van der Waals surface area contributed by atoms with Crippen molar-refractivity contribution in [2.45, 2.75) is 6.54 Å². The van der Waals surface area contributed by atoms with Gasteiger partial charge in [0.25, 0.3) is 0 Å². The smallest absolute Gasteiger partial charge is 0.163 e. The predicted molar refractivity (Wildman–Crippen MR) is 104 cm³/mol. The van der Waals surface area contributed by atoms with Gasteiger partial charge < -0.3 is 15.0 Å². The number of anilines is 2. The highest BCUT2D eigenvalue weighted by Crippen LogP contribution is 2.23. The molecule has 1 saturated heterocycles. The van der Waals surface area contributed by atoms with E-state index in [9.17, 15) is 0 Å². The van der Waals surface area contributed by atoms with E-state index in [2.05, 4.69) is 22.3 Å². The molecule has 0 atom stereocenters. The Hall–Kier alpha value is -2.92. The van der Waals surface area contributed by atoms with Crippen LogP contribution < -0.4 is 10.2 Å². The van der Waals surface area contributed by atoms with Crippen LogP contribution in [-0.2, 0) is 11.3 Å². The molecule has 5 heteroatoms. The van der Waals surface area contributed by atoms with Crippen molar-refractivity contribution < 1.29 is 4.74 Å². The van der Waals surface area contributed by atoms with E-state index in [0.717, 1.165) is 55.9 Å². The largest absolute Gasteiger partial charge is 0.378 e. The zero-order valence-corrected chi connectivity index (χ0v) is 14.6. The summed E-state index contributed by atoms with van der Waals surface area (Å²) < 4.78 is 5.47. The highest BCUT2D eigenvalue weighted by atomic mass is 16.5. The maximum absolute atomic E-state index is 5.47. The molecule has 26 heavy (non-hydrogen) atoms. The molecule has 0 unspecified atom stereocenters. The van der Waals surface area contributed by atoms with E-state index < -0.39 is 0 Å². The molecule has 132 valence electrons. The van der Waals surface area contributed by atoms with Gasteiger partial charge in [0.1, 0.15) is 11.6 Å². The van der Waals surface area contributed by atoms with Crippen LogP contribution >= 0.6 is 0 Å². The summed E-state index contributed by atoms with van der Waals surface area (Å²) in [5, 5.41) is 3.44. The maximum Gasteiger partial charge on any atom is 0.163 e. The molecule has 0 bridgehead atoms. The quantitative estimate of drug-likeness (QED) is 0.765. The maximum atomic E-state index is 5.47. The monoisotopic (exact) mass is 346 g/mol. The molecule has 1 aliphatic rings. The first-order chi connectivity index (χ1) is 12.9. The topological polar surface area (TPSA) is 50.3 Å². The fourth-order valence-electron chi connectivity index (χ4n) is 2.98. The minimum absolute atomic E-state index is 0.731. The van der Waals surface area contributed by atoms with Crippen molar-refractivity contribution in [3.8, 4) is 11.4 Å². The van der Waals surface area contributed by atoms with Gasteiger partial charge >= 0.3 is 0 Å². The Morgan fingerprint density at radius 2 is 1.58 bits per heavy atom. The van der Waals surface area contributed by atoms with Gasteiger partial charge in [-0.05, 0) is 5.56 Å². The van der Waals surface area contributed by atoms with E-state index in [1.165, 1.54) is 5.56 Å². The van der Waals surface area contributed by atoms with Crippen molar-refractivity contribution in [1.29, 1.82) is 0 Å². The van der Waals surface area contributed by atoms with Gasteiger partial charge in [0, 0.05) is 31.3 Å². The van der Waals surface area contributed by atoms with Gasteiger partial charge in [-0.1, -0.05) is 60.7 Å². The highest BCUT2D eigenvalue weighted by Gasteiger charge is 2.15. The number of hydrogen-bond donors (Lipinski definition) is 1. The van der Waals surface area contributed by atoms with Crippen LogP contribution in [0.5, 0.6) is 0 Å². The summed E-state index contributed by atoms with van der Waals surface area (Å²) in [5.74, 6) is 2.52. The van der Waals surface area contributed by atoms with Gasteiger partial charge in [-0.3, -0.25) is 0 Å². The molecule has 2 heterocycles. The minimum atomic E-state index is 0.731. The minimum Gasteiger partial charge on any atom is -0.378 e. The van der Waals surface area contributed by atoms with Gasteiger partial charge in [0.2, 0.25) is 0 Å². The second-order valence-corrected chi connectivity index (χ2v) is 6.24. The molecule has 4 rings (SSSR count).